The Morgan fingerprint density at radius 2 is 1.80 bits per heavy atom. The van der Waals surface area contributed by atoms with Crippen LogP contribution in [-0.4, -0.2) is 26.5 Å². The number of nitrogens with zero attached hydrogens (tertiary/aromatic N) is 1. The van der Waals surface area contributed by atoms with E-state index in [0.29, 0.717) is 11.3 Å². The fourth-order valence-electron chi connectivity index (χ4n) is 2.37. The second-order valence-electron chi connectivity index (χ2n) is 5.72. The zero-order valence-corrected chi connectivity index (χ0v) is 15.1. The van der Waals surface area contributed by atoms with Crippen LogP contribution in [0.25, 0.3) is 0 Å². The molecule has 2 rings (SSSR count). The number of nitro benzene ring substituents is 1. The Labute approximate surface area is 146 Å². The van der Waals surface area contributed by atoms with Gasteiger partial charge in [0.25, 0.3) is 5.69 Å². The highest BCUT2D eigenvalue weighted by atomic mass is 32.2. The van der Waals surface area contributed by atoms with Gasteiger partial charge in [-0.25, -0.2) is 13.1 Å². The van der Waals surface area contributed by atoms with Crippen LogP contribution in [-0.2, 0) is 10.0 Å². The molecule has 0 aromatic heterocycles. The highest BCUT2D eigenvalue weighted by Crippen LogP contribution is 2.22. The van der Waals surface area contributed by atoms with E-state index in [-0.39, 0.29) is 23.7 Å². The molecule has 8 heteroatoms. The predicted octanol–water partition coefficient (Wildman–Crippen LogP) is 2.88. The Morgan fingerprint density at radius 3 is 2.44 bits per heavy atom. The molecule has 0 aliphatic heterocycles. The van der Waals surface area contributed by atoms with Crippen molar-refractivity contribution in [3.63, 3.8) is 0 Å². The molecule has 2 aromatic carbocycles. The predicted molar refractivity (Wildman–Crippen MR) is 94.4 cm³/mol. The van der Waals surface area contributed by atoms with Crippen LogP contribution in [0.4, 0.5) is 5.69 Å². The van der Waals surface area contributed by atoms with E-state index in [1.54, 1.807) is 6.92 Å². The van der Waals surface area contributed by atoms with E-state index in [0.717, 1.165) is 17.2 Å². The summed E-state index contributed by atoms with van der Waals surface area (Å²) in [7, 11) is -3.85. The smallest absolute Gasteiger partial charge is 0.270 e. The van der Waals surface area contributed by atoms with E-state index in [2.05, 4.69) is 4.72 Å². The first-order valence-electron chi connectivity index (χ1n) is 7.65. The Morgan fingerprint density at radius 1 is 1.08 bits per heavy atom. The topological polar surface area (TPSA) is 98.5 Å². The van der Waals surface area contributed by atoms with Gasteiger partial charge in [0.15, 0.2) is 0 Å². The zero-order chi connectivity index (χ0) is 18.6. The molecule has 0 radical (unpaired) electrons. The van der Waals surface area contributed by atoms with Crippen LogP contribution in [0.5, 0.6) is 5.75 Å². The summed E-state index contributed by atoms with van der Waals surface area (Å²) in [6.45, 7) is 5.69. The monoisotopic (exact) mass is 364 g/mol. The number of aryl methyl sites for hydroxylation is 3. The van der Waals surface area contributed by atoms with Gasteiger partial charge in [0.1, 0.15) is 12.4 Å². The van der Waals surface area contributed by atoms with Crippen molar-refractivity contribution in [3.05, 3.63) is 63.2 Å². The number of nitro groups is 1. The van der Waals surface area contributed by atoms with Crippen molar-refractivity contribution in [2.45, 2.75) is 25.7 Å². The average molecular weight is 364 g/mol. The molecule has 0 heterocycles. The first kappa shape index (κ1) is 18.9. The average Bonchev–Trinajstić information content (AvgIpc) is 2.53. The fourth-order valence-corrected chi connectivity index (χ4v) is 3.64. The number of hydrogen-bond donors (Lipinski definition) is 1. The van der Waals surface area contributed by atoms with Gasteiger partial charge in [0, 0.05) is 18.7 Å². The van der Waals surface area contributed by atoms with Gasteiger partial charge in [-0.15, -0.1) is 0 Å². The maximum atomic E-state index is 12.4. The normalized spacial score (nSPS) is 11.3. The van der Waals surface area contributed by atoms with Crippen LogP contribution in [0.2, 0.25) is 0 Å². The summed E-state index contributed by atoms with van der Waals surface area (Å²) in [5.41, 5.74) is 2.26. The number of nitrogens with one attached hydrogen (secondary N) is 1. The van der Waals surface area contributed by atoms with Crippen molar-refractivity contribution >= 4 is 15.7 Å². The Hall–Kier alpha value is -2.45. The Bertz CT molecular complexity index is 894. The molecule has 0 aliphatic carbocycles. The van der Waals surface area contributed by atoms with E-state index >= 15 is 0 Å². The molecule has 7 nitrogen and oxygen atoms in total. The zero-order valence-electron chi connectivity index (χ0n) is 14.3. The summed E-state index contributed by atoms with van der Waals surface area (Å²) in [5, 5.41) is 10.8. The number of non-ortho nitro benzene ring substituents is 1. The van der Waals surface area contributed by atoms with E-state index in [4.69, 9.17) is 4.74 Å². The van der Waals surface area contributed by atoms with Crippen molar-refractivity contribution < 1.29 is 18.1 Å². The molecule has 0 saturated carbocycles. The largest absolute Gasteiger partial charge is 0.492 e. The number of sulfonamides is 1. The summed E-state index contributed by atoms with van der Waals surface area (Å²) < 4.78 is 32.7. The van der Waals surface area contributed by atoms with Crippen LogP contribution < -0.4 is 9.46 Å². The first-order valence-corrected chi connectivity index (χ1v) is 9.14. The highest BCUT2D eigenvalue weighted by Gasteiger charge is 2.20. The van der Waals surface area contributed by atoms with Gasteiger partial charge < -0.3 is 4.74 Å². The molecular weight excluding hydrogens is 344 g/mol. The second-order valence-corrected chi connectivity index (χ2v) is 7.46. The van der Waals surface area contributed by atoms with Gasteiger partial charge in [-0.2, -0.15) is 0 Å². The van der Waals surface area contributed by atoms with Crippen molar-refractivity contribution in [2.75, 3.05) is 13.2 Å². The number of benzene rings is 2. The molecule has 1 N–H and O–H groups in total. The van der Waals surface area contributed by atoms with E-state index in [1.165, 1.54) is 12.1 Å². The first-order chi connectivity index (χ1) is 11.7. The van der Waals surface area contributed by atoms with Gasteiger partial charge in [-0.1, -0.05) is 23.8 Å². The fraction of sp³-hybridized carbons (Fsp3) is 0.294. The van der Waals surface area contributed by atoms with Gasteiger partial charge in [0.05, 0.1) is 9.82 Å². The van der Waals surface area contributed by atoms with Crippen LogP contribution >= 0.6 is 0 Å². The molecule has 0 atom stereocenters. The van der Waals surface area contributed by atoms with Crippen LogP contribution in [0.15, 0.2) is 41.3 Å². The Kier molecular flexibility index (Phi) is 5.76. The second kappa shape index (κ2) is 7.62. The van der Waals surface area contributed by atoms with Crippen LogP contribution in [0, 0.1) is 30.9 Å². The number of hydrogen-bond acceptors (Lipinski definition) is 5. The highest BCUT2D eigenvalue weighted by molar-refractivity contribution is 7.89. The number of rotatable bonds is 7. The third-order valence-corrected chi connectivity index (χ3v) is 5.26. The van der Waals surface area contributed by atoms with Crippen LogP contribution in [0.3, 0.4) is 0 Å². The minimum absolute atomic E-state index is 0.0534. The van der Waals surface area contributed by atoms with Crippen molar-refractivity contribution in [3.8, 4) is 5.75 Å². The maximum absolute atomic E-state index is 12.4. The molecule has 0 spiro atoms. The Balaban J connectivity index is 2.02. The molecule has 0 fully saturated rings. The lowest BCUT2D eigenvalue weighted by molar-refractivity contribution is -0.385. The summed E-state index contributed by atoms with van der Waals surface area (Å²) in [6, 6.07) is 9.48. The van der Waals surface area contributed by atoms with Gasteiger partial charge in [0.2, 0.25) is 10.0 Å². The van der Waals surface area contributed by atoms with Gasteiger partial charge in [-0.05, 0) is 38.0 Å². The molecule has 25 heavy (non-hydrogen) atoms. The van der Waals surface area contributed by atoms with Crippen molar-refractivity contribution in [1.29, 1.82) is 0 Å². The molecular formula is C17H20N2O5S. The molecule has 134 valence electrons. The van der Waals surface area contributed by atoms with Gasteiger partial charge >= 0.3 is 0 Å². The molecule has 0 unspecified atom stereocenters. The third kappa shape index (κ3) is 4.77. The third-order valence-electron chi connectivity index (χ3n) is 3.65. The minimum atomic E-state index is -3.85. The summed E-state index contributed by atoms with van der Waals surface area (Å²) in [5.74, 6) is 0.691. The van der Waals surface area contributed by atoms with Crippen LogP contribution in [0.1, 0.15) is 16.7 Å². The molecule has 2 aromatic rings. The summed E-state index contributed by atoms with van der Waals surface area (Å²) >= 11 is 0. The molecule has 0 saturated heterocycles. The lowest BCUT2D eigenvalue weighted by Gasteiger charge is -2.12. The van der Waals surface area contributed by atoms with Crippen molar-refractivity contribution in [1.82, 2.24) is 4.72 Å². The van der Waals surface area contributed by atoms with Crippen molar-refractivity contribution in [2.24, 2.45) is 0 Å². The molecule has 0 amide bonds. The van der Waals surface area contributed by atoms with Gasteiger partial charge in [-0.3, -0.25) is 10.1 Å². The summed E-state index contributed by atoms with van der Waals surface area (Å²) in [4.78, 5) is 10.1. The number of ether oxygens (including phenoxy) is 1. The quantitative estimate of drug-likeness (QED) is 0.463. The lowest BCUT2D eigenvalue weighted by atomic mass is 10.1. The summed E-state index contributed by atoms with van der Waals surface area (Å²) in [6.07, 6.45) is 0. The van der Waals surface area contributed by atoms with E-state index in [1.807, 2.05) is 32.0 Å². The molecule has 0 bridgehead atoms. The molecule has 0 aliphatic rings. The minimum Gasteiger partial charge on any atom is -0.492 e. The standard InChI is InChI=1S/C17H20N2O5S/c1-12-4-7-16(14(3)10-12)24-9-8-18-25(22,23)17-11-15(19(20)21)6-5-13(17)2/h4-7,10-11,18H,8-9H2,1-3H3. The van der Waals surface area contributed by atoms with E-state index in [9.17, 15) is 18.5 Å². The SMILES string of the molecule is Cc1ccc(OCCNS(=O)(=O)c2cc([N+](=O)[O-])ccc2C)c(C)c1. The van der Waals surface area contributed by atoms with E-state index < -0.39 is 14.9 Å². The maximum Gasteiger partial charge on any atom is 0.270 e. The lowest BCUT2D eigenvalue weighted by Crippen LogP contribution is -2.29.